The van der Waals surface area contributed by atoms with E-state index in [-0.39, 0.29) is 11.9 Å². The molecule has 20 heavy (non-hydrogen) atoms. The van der Waals surface area contributed by atoms with Crippen LogP contribution in [0.5, 0.6) is 0 Å². The van der Waals surface area contributed by atoms with Crippen LogP contribution in [0.25, 0.3) is 0 Å². The van der Waals surface area contributed by atoms with E-state index in [0.29, 0.717) is 5.56 Å². The topological polar surface area (TPSA) is 54.3 Å². The van der Waals surface area contributed by atoms with Gasteiger partial charge in [-0.05, 0) is 43.2 Å². The third-order valence-corrected chi connectivity index (χ3v) is 3.35. The molecule has 2 aromatic rings. The summed E-state index contributed by atoms with van der Waals surface area (Å²) < 4.78 is 5.46. The van der Waals surface area contributed by atoms with E-state index in [0.717, 1.165) is 23.4 Å². The molecule has 0 fully saturated rings. The maximum Gasteiger partial charge on any atom is 0.251 e. The van der Waals surface area contributed by atoms with E-state index in [1.54, 1.807) is 13.3 Å². The summed E-state index contributed by atoms with van der Waals surface area (Å²) in [5.74, 6) is 0.816. The molecule has 0 spiro atoms. The molecule has 0 aliphatic heterocycles. The lowest BCUT2D eigenvalue weighted by Crippen LogP contribution is -2.18. The van der Waals surface area contributed by atoms with Gasteiger partial charge >= 0.3 is 0 Å². The van der Waals surface area contributed by atoms with Crippen molar-refractivity contribution in [3.63, 3.8) is 0 Å². The standard InChI is InChI=1S/C16H20N2O2/c1-4-13(15-6-5-9-20-15)18-14-10-12(16(19)17-3)8-7-11(14)2/h5-10,13,18H,4H2,1-3H3,(H,17,19). The van der Waals surface area contributed by atoms with E-state index >= 15 is 0 Å². The van der Waals surface area contributed by atoms with Crippen molar-refractivity contribution in [2.75, 3.05) is 12.4 Å². The number of furan rings is 1. The number of benzene rings is 1. The minimum absolute atomic E-state index is 0.0842. The van der Waals surface area contributed by atoms with E-state index in [1.807, 2.05) is 37.3 Å². The van der Waals surface area contributed by atoms with Crippen LogP contribution in [0.15, 0.2) is 41.0 Å². The molecule has 0 saturated heterocycles. The lowest BCUT2D eigenvalue weighted by atomic mass is 10.1. The molecule has 2 N–H and O–H groups in total. The molecule has 106 valence electrons. The molecule has 0 bridgehead atoms. The molecule has 0 aliphatic carbocycles. The van der Waals surface area contributed by atoms with Crippen molar-refractivity contribution in [2.24, 2.45) is 0 Å². The zero-order valence-electron chi connectivity index (χ0n) is 12.1. The third kappa shape index (κ3) is 3.02. The molecule has 1 aromatic carbocycles. The van der Waals surface area contributed by atoms with Crippen LogP contribution in [0.2, 0.25) is 0 Å². The van der Waals surface area contributed by atoms with Gasteiger partial charge < -0.3 is 15.1 Å². The van der Waals surface area contributed by atoms with E-state index in [4.69, 9.17) is 4.42 Å². The Bertz CT molecular complexity index is 576. The van der Waals surface area contributed by atoms with Gasteiger partial charge in [-0.15, -0.1) is 0 Å². The maximum absolute atomic E-state index is 11.7. The number of carbonyl (C=O) groups is 1. The monoisotopic (exact) mass is 272 g/mol. The van der Waals surface area contributed by atoms with E-state index in [9.17, 15) is 4.79 Å². The number of nitrogens with one attached hydrogen (secondary N) is 2. The summed E-state index contributed by atoms with van der Waals surface area (Å²) >= 11 is 0. The summed E-state index contributed by atoms with van der Waals surface area (Å²) in [5.41, 5.74) is 2.70. The second-order valence-electron chi connectivity index (χ2n) is 4.73. The number of amides is 1. The highest BCUT2D eigenvalue weighted by molar-refractivity contribution is 5.95. The second kappa shape index (κ2) is 6.28. The van der Waals surface area contributed by atoms with Crippen LogP contribution in [0.3, 0.4) is 0 Å². The Kier molecular flexibility index (Phi) is 4.45. The molecule has 2 rings (SSSR count). The largest absolute Gasteiger partial charge is 0.467 e. The quantitative estimate of drug-likeness (QED) is 0.875. The number of carbonyl (C=O) groups excluding carboxylic acids is 1. The Hall–Kier alpha value is -2.23. The third-order valence-electron chi connectivity index (χ3n) is 3.35. The molecular weight excluding hydrogens is 252 g/mol. The van der Waals surface area contributed by atoms with Gasteiger partial charge in [0.25, 0.3) is 5.91 Å². The average molecular weight is 272 g/mol. The molecular formula is C16H20N2O2. The minimum Gasteiger partial charge on any atom is -0.467 e. The van der Waals surface area contributed by atoms with Crippen molar-refractivity contribution in [3.05, 3.63) is 53.5 Å². The number of anilines is 1. The Morgan fingerprint density at radius 1 is 1.35 bits per heavy atom. The maximum atomic E-state index is 11.7. The van der Waals surface area contributed by atoms with Gasteiger partial charge in [0.05, 0.1) is 12.3 Å². The fourth-order valence-corrected chi connectivity index (χ4v) is 2.11. The zero-order chi connectivity index (χ0) is 14.5. The van der Waals surface area contributed by atoms with Crippen LogP contribution in [-0.4, -0.2) is 13.0 Å². The number of hydrogen-bond acceptors (Lipinski definition) is 3. The molecule has 4 heteroatoms. The minimum atomic E-state index is -0.0842. The second-order valence-corrected chi connectivity index (χ2v) is 4.73. The van der Waals surface area contributed by atoms with Crippen molar-refractivity contribution in [2.45, 2.75) is 26.3 Å². The van der Waals surface area contributed by atoms with Crippen LogP contribution in [0.1, 0.15) is 41.1 Å². The SMILES string of the molecule is CCC(Nc1cc(C(=O)NC)ccc1C)c1ccco1. The first-order valence-corrected chi connectivity index (χ1v) is 6.78. The fraction of sp³-hybridized carbons (Fsp3) is 0.312. The summed E-state index contributed by atoms with van der Waals surface area (Å²) in [4.78, 5) is 11.7. The first-order chi connectivity index (χ1) is 9.65. The van der Waals surface area contributed by atoms with E-state index < -0.39 is 0 Å². The molecule has 1 heterocycles. The average Bonchev–Trinajstić information content (AvgIpc) is 2.99. The summed E-state index contributed by atoms with van der Waals surface area (Å²) in [5, 5.41) is 6.08. The van der Waals surface area contributed by atoms with Gasteiger partial charge in [-0.2, -0.15) is 0 Å². The Morgan fingerprint density at radius 3 is 2.75 bits per heavy atom. The van der Waals surface area contributed by atoms with E-state index in [1.165, 1.54) is 0 Å². The lowest BCUT2D eigenvalue weighted by Gasteiger charge is -2.18. The predicted octanol–water partition coefficient (Wildman–Crippen LogP) is 3.51. The Labute approximate surface area is 119 Å². The number of hydrogen-bond donors (Lipinski definition) is 2. The summed E-state index contributed by atoms with van der Waals surface area (Å²) in [6, 6.07) is 9.59. The molecule has 4 nitrogen and oxygen atoms in total. The summed E-state index contributed by atoms with van der Waals surface area (Å²) in [6.45, 7) is 4.11. The van der Waals surface area contributed by atoms with Crippen LogP contribution >= 0.6 is 0 Å². The van der Waals surface area contributed by atoms with Crippen molar-refractivity contribution >= 4 is 11.6 Å². The van der Waals surface area contributed by atoms with Gasteiger partial charge in [0.2, 0.25) is 0 Å². The first-order valence-electron chi connectivity index (χ1n) is 6.78. The van der Waals surface area contributed by atoms with Crippen molar-refractivity contribution < 1.29 is 9.21 Å². The molecule has 1 unspecified atom stereocenters. The van der Waals surface area contributed by atoms with Crippen molar-refractivity contribution in [1.29, 1.82) is 0 Å². The molecule has 1 amide bonds. The van der Waals surface area contributed by atoms with Crippen molar-refractivity contribution in [3.8, 4) is 0 Å². The zero-order valence-corrected chi connectivity index (χ0v) is 12.1. The van der Waals surface area contributed by atoms with Gasteiger partial charge in [0.1, 0.15) is 5.76 Å². The van der Waals surface area contributed by atoms with Gasteiger partial charge in [0.15, 0.2) is 0 Å². The Balaban J connectivity index is 2.25. The summed E-state index contributed by atoms with van der Waals surface area (Å²) in [6.07, 6.45) is 2.57. The molecule has 0 radical (unpaired) electrons. The van der Waals surface area contributed by atoms with E-state index in [2.05, 4.69) is 17.6 Å². The molecule has 0 aliphatic rings. The fourth-order valence-electron chi connectivity index (χ4n) is 2.11. The lowest BCUT2D eigenvalue weighted by molar-refractivity contribution is 0.0963. The van der Waals surface area contributed by atoms with Crippen LogP contribution in [0.4, 0.5) is 5.69 Å². The number of rotatable bonds is 5. The molecule has 1 atom stereocenters. The van der Waals surface area contributed by atoms with Crippen LogP contribution < -0.4 is 10.6 Å². The first kappa shape index (κ1) is 14.2. The molecule has 0 saturated carbocycles. The highest BCUT2D eigenvalue weighted by atomic mass is 16.3. The highest BCUT2D eigenvalue weighted by Crippen LogP contribution is 2.26. The normalized spacial score (nSPS) is 11.9. The number of aryl methyl sites for hydroxylation is 1. The van der Waals surface area contributed by atoms with Gasteiger partial charge in [-0.25, -0.2) is 0 Å². The summed E-state index contributed by atoms with van der Waals surface area (Å²) in [7, 11) is 1.63. The highest BCUT2D eigenvalue weighted by Gasteiger charge is 2.14. The van der Waals surface area contributed by atoms with Gasteiger partial charge in [-0.3, -0.25) is 4.79 Å². The molecule has 1 aromatic heterocycles. The van der Waals surface area contributed by atoms with Crippen LogP contribution in [0, 0.1) is 6.92 Å². The van der Waals surface area contributed by atoms with Gasteiger partial charge in [0, 0.05) is 18.3 Å². The predicted molar refractivity (Wildman–Crippen MR) is 79.9 cm³/mol. The Morgan fingerprint density at radius 2 is 2.15 bits per heavy atom. The smallest absolute Gasteiger partial charge is 0.251 e. The van der Waals surface area contributed by atoms with Gasteiger partial charge in [-0.1, -0.05) is 13.0 Å². The van der Waals surface area contributed by atoms with Crippen LogP contribution in [-0.2, 0) is 0 Å². The van der Waals surface area contributed by atoms with Crippen molar-refractivity contribution in [1.82, 2.24) is 5.32 Å².